The van der Waals surface area contributed by atoms with Gasteiger partial charge in [-0.2, -0.15) is 0 Å². The summed E-state index contributed by atoms with van der Waals surface area (Å²) in [6.07, 6.45) is 9.55. The highest BCUT2D eigenvalue weighted by atomic mass is 79.9. The number of aryl methyl sites for hydroxylation is 1. The van der Waals surface area contributed by atoms with Gasteiger partial charge in [-0.05, 0) is 85.9 Å². The van der Waals surface area contributed by atoms with Crippen molar-refractivity contribution in [2.24, 2.45) is 5.41 Å². The zero-order chi connectivity index (χ0) is 20.1. The Labute approximate surface area is 175 Å². The summed E-state index contributed by atoms with van der Waals surface area (Å²) in [5.41, 5.74) is 2.42. The Hall–Kier alpha value is -1.56. The van der Waals surface area contributed by atoms with Gasteiger partial charge in [0.15, 0.2) is 0 Å². The lowest BCUT2D eigenvalue weighted by Gasteiger charge is -2.52. The average Bonchev–Trinajstić information content (AvgIpc) is 2.95. The van der Waals surface area contributed by atoms with E-state index in [1.54, 1.807) is 0 Å². The third kappa shape index (κ3) is 3.68. The topological polar surface area (TPSA) is 47.4 Å². The highest BCUT2D eigenvalue weighted by molar-refractivity contribution is 9.10. The molecule has 1 aliphatic carbocycles. The van der Waals surface area contributed by atoms with Crippen LogP contribution in [-0.2, 0) is 11.2 Å². The van der Waals surface area contributed by atoms with Gasteiger partial charge in [0.2, 0.25) is 0 Å². The van der Waals surface area contributed by atoms with Crippen LogP contribution in [0.25, 0.3) is 11.0 Å². The first kappa shape index (κ1) is 19.7. The lowest BCUT2D eigenvalue weighted by molar-refractivity contribution is -0.0226. The number of amides is 1. The number of hydrogen-bond donors (Lipinski definition) is 0. The van der Waals surface area contributed by atoms with Crippen molar-refractivity contribution in [2.45, 2.75) is 71.4 Å². The molecule has 28 heavy (non-hydrogen) atoms. The minimum atomic E-state index is -0.428. The van der Waals surface area contributed by atoms with E-state index < -0.39 is 5.60 Å². The van der Waals surface area contributed by atoms with Crippen molar-refractivity contribution in [2.75, 3.05) is 13.1 Å². The fourth-order valence-corrected chi connectivity index (χ4v) is 5.10. The highest BCUT2D eigenvalue weighted by Crippen LogP contribution is 2.55. The predicted octanol–water partition coefficient (Wildman–Crippen LogP) is 5.71. The Morgan fingerprint density at radius 3 is 2.61 bits per heavy atom. The van der Waals surface area contributed by atoms with Crippen molar-refractivity contribution in [1.82, 2.24) is 14.5 Å². The molecule has 0 N–H and O–H groups in total. The van der Waals surface area contributed by atoms with E-state index in [-0.39, 0.29) is 6.09 Å². The summed E-state index contributed by atoms with van der Waals surface area (Å²) in [5, 5.41) is 1.26. The Bertz CT molecular complexity index is 883. The molecule has 0 aromatic carbocycles. The van der Waals surface area contributed by atoms with Crippen LogP contribution in [0.15, 0.2) is 22.9 Å². The summed E-state index contributed by atoms with van der Waals surface area (Å²) < 4.78 is 8.96. The third-order valence-electron chi connectivity index (χ3n) is 6.31. The van der Waals surface area contributed by atoms with Crippen LogP contribution < -0.4 is 0 Å². The number of carbonyl (C=O) groups is 1. The van der Waals surface area contributed by atoms with Crippen LogP contribution >= 0.6 is 15.9 Å². The number of rotatable bonds is 2. The van der Waals surface area contributed by atoms with Crippen molar-refractivity contribution in [3.63, 3.8) is 0 Å². The van der Waals surface area contributed by atoms with Crippen LogP contribution in [0.1, 0.15) is 65.0 Å². The molecular weight excluding hydrogens is 418 g/mol. The number of halogens is 1. The van der Waals surface area contributed by atoms with Gasteiger partial charge in [-0.15, -0.1) is 0 Å². The van der Waals surface area contributed by atoms with Crippen LogP contribution in [-0.4, -0.2) is 39.2 Å². The fourth-order valence-electron chi connectivity index (χ4n) is 4.77. The number of likely N-dealkylation sites (tertiary alicyclic amines) is 1. The quantitative estimate of drug-likeness (QED) is 0.591. The maximum absolute atomic E-state index is 12.3. The normalized spacial score (nSPS) is 19.8. The molecule has 1 saturated carbocycles. The zero-order valence-electron chi connectivity index (χ0n) is 17.3. The lowest BCUT2D eigenvalue weighted by atomic mass is 9.60. The predicted molar refractivity (Wildman–Crippen MR) is 115 cm³/mol. The Balaban J connectivity index is 1.42. The number of hydrogen-bond acceptors (Lipinski definition) is 3. The molecule has 2 aromatic heterocycles. The molecule has 2 aromatic rings. The van der Waals surface area contributed by atoms with Gasteiger partial charge in [-0.1, -0.05) is 6.92 Å². The molecule has 1 saturated heterocycles. The van der Waals surface area contributed by atoms with E-state index in [9.17, 15) is 4.79 Å². The van der Waals surface area contributed by atoms with Gasteiger partial charge in [0, 0.05) is 41.4 Å². The Morgan fingerprint density at radius 2 is 2.00 bits per heavy atom. The molecule has 1 spiro atoms. The van der Waals surface area contributed by atoms with E-state index in [0.717, 1.165) is 42.5 Å². The lowest BCUT2D eigenvalue weighted by Crippen LogP contribution is -2.50. The largest absolute Gasteiger partial charge is 0.444 e. The summed E-state index contributed by atoms with van der Waals surface area (Å²) in [6, 6.07) is 2.70. The average molecular weight is 448 g/mol. The number of carbonyl (C=O) groups excluding carboxylic acids is 1. The molecule has 1 aliphatic heterocycles. The van der Waals surface area contributed by atoms with Gasteiger partial charge >= 0.3 is 6.09 Å². The van der Waals surface area contributed by atoms with Gasteiger partial charge in [0.05, 0.1) is 0 Å². The smallest absolute Gasteiger partial charge is 0.410 e. The van der Waals surface area contributed by atoms with Crippen LogP contribution in [0.2, 0.25) is 0 Å². The number of fused-ring (bicyclic) bond motifs is 1. The van der Waals surface area contributed by atoms with E-state index in [2.05, 4.69) is 39.7 Å². The van der Waals surface area contributed by atoms with Crippen molar-refractivity contribution in [3.8, 4) is 0 Å². The molecule has 2 fully saturated rings. The first-order chi connectivity index (χ1) is 13.2. The van der Waals surface area contributed by atoms with E-state index in [0.29, 0.717) is 11.5 Å². The number of ether oxygens (including phenoxy) is 1. The van der Waals surface area contributed by atoms with E-state index in [1.165, 1.54) is 23.8 Å². The maximum atomic E-state index is 12.3. The zero-order valence-corrected chi connectivity index (χ0v) is 18.9. The SMILES string of the molecule is CCc1cn(C2CC3(CCN(C(=O)OC(C)(C)C)CC3)C2)c2ncc(Br)cc12. The molecule has 0 radical (unpaired) electrons. The standard InChI is InChI=1S/C22H30BrN3O2/c1-5-15-14-26(19-18(15)10-16(23)13-24-19)17-11-22(12-17)6-8-25(9-7-22)20(27)28-21(2,3)4/h10,13-14,17H,5-9,11-12H2,1-4H3. The first-order valence-corrected chi connectivity index (χ1v) is 11.1. The molecule has 2 aliphatic rings. The van der Waals surface area contributed by atoms with Gasteiger partial charge in [0.25, 0.3) is 0 Å². The number of pyridine rings is 1. The molecule has 5 nitrogen and oxygen atoms in total. The van der Waals surface area contributed by atoms with Crippen molar-refractivity contribution < 1.29 is 9.53 Å². The fraction of sp³-hybridized carbons (Fsp3) is 0.636. The molecule has 0 unspecified atom stereocenters. The molecule has 1 amide bonds. The van der Waals surface area contributed by atoms with Crippen LogP contribution in [0.4, 0.5) is 4.79 Å². The minimum absolute atomic E-state index is 0.169. The molecule has 3 heterocycles. The van der Waals surface area contributed by atoms with Gasteiger partial charge < -0.3 is 14.2 Å². The summed E-state index contributed by atoms with van der Waals surface area (Å²) >= 11 is 3.55. The first-order valence-electron chi connectivity index (χ1n) is 10.3. The van der Waals surface area contributed by atoms with Gasteiger partial charge in [-0.3, -0.25) is 0 Å². The molecule has 0 atom stereocenters. The third-order valence-corrected chi connectivity index (χ3v) is 6.74. The molecular formula is C22H30BrN3O2. The number of aromatic nitrogens is 2. The maximum Gasteiger partial charge on any atom is 0.410 e. The van der Waals surface area contributed by atoms with Crippen molar-refractivity contribution in [3.05, 3.63) is 28.5 Å². The molecule has 0 bridgehead atoms. The van der Waals surface area contributed by atoms with Gasteiger partial charge in [-0.25, -0.2) is 9.78 Å². The van der Waals surface area contributed by atoms with Crippen LogP contribution in [0.3, 0.4) is 0 Å². The van der Waals surface area contributed by atoms with Gasteiger partial charge in [0.1, 0.15) is 11.2 Å². The minimum Gasteiger partial charge on any atom is -0.444 e. The van der Waals surface area contributed by atoms with Crippen molar-refractivity contribution in [1.29, 1.82) is 0 Å². The van der Waals surface area contributed by atoms with Crippen molar-refractivity contribution >= 4 is 33.1 Å². The molecule has 6 heteroatoms. The van der Waals surface area contributed by atoms with E-state index in [1.807, 2.05) is 31.9 Å². The summed E-state index contributed by atoms with van der Waals surface area (Å²) in [6.45, 7) is 9.58. The Kier molecular flexibility index (Phi) is 4.97. The second-order valence-electron chi connectivity index (χ2n) is 9.47. The van der Waals surface area contributed by atoms with E-state index >= 15 is 0 Å². The monoisotopic (exact) mass is 447 g/mol. The summed E-state index contributed by atoms with van der Waals surface area (Å²) in [7, 11) is 0. The van der Waals surface area contributed by atoms with Crippen LogP contribution in [0.5, 0.6) is 0 Å². The Morgan fingerprint density at radius 1 is 1.32 bits per heavy atom. The summed E-state index contributed by atoms with van der Waals surface area (Å²) in [4.78, 5) is 18.9. The number of piperidine rings is 1. The highest BCUT2D eigenvalue weighted by Gasteiger charge is 2.47. The van der Waals surface area contributed by atoms with E-state index in [4.69, 9.17) is 9.72 Å². The second-order valence-corrected chi connectivity index (χ2v) is 10.4. The summed E-state index contributed by atoms with van der Waals surface area (Å²) in [5.74, 6) is 0. The molecule has 4 rings (SSSR count). The number of nitrogens with zero attached hydrogens (tertiary/aromatic N) is 3. The molecule has 152 valence electrons. The second kappa shape index (κ2) is 7.05. The van der Waals surface area contributed by atoms with Crippen LogP contribution in [0, 0.1) is 5.41 Å².